The summed E-state index contributed by atoms with van der Waals surface area (Å²) in [5.74, 6) is 0.560. The molecule has 2 rings (SSSR count). The molecule has 1 aliphatic carbocycles. The molecule has 1 aromatic carbocycles. The summed E-state index contributed by atoms with van der Waals surface area (Å²) in [6.45, 7) is 12.9. The Bertz CT molecular complexity index is 511. The van der Waals surface area contributed by atoms with Crippen LogP contribution in [0.25, 0.3) is 5.73 Å². The predicted octanol–water partition coefficient (Wildman–Crippen LogP) is 7.44. The summed E-state index contributed by atoms with van der Waals surface area (Å²) in [7, 11) is 0. The van der Waals surface area contributed by atoms with E-state index in [1.54, 1.807) is 36.4 Å². The molecule has 0 saturated heterocycles. The van der Waals surface area contributed by atoms with Crippen LogP contribution in [0.15, 0.2) is 45.5 Å². The summed E-state index contributed by atoms with van der Waals surface area (Å²) in [5.41, 5.74) is 11.9. The molecule has 0 bridgehead atoms. The summed E-state index contributed by atoms with van der Waals surface area (Å²) in [6, 6.07) is 7.18. The molecule has 0 aliphatic heterocycles. The molecule has 23 heavy (non-hydrogen) atoms. The van der Waals surface area contributed by atoms with Crippen LogP contribution in [-0.4, -0.2) is 3.21 Å². The molecule has 1 aromatic rings. The summed E-state index contributed by atoms with van der Waals surface area (Å²) >= 11 is 4.82. The van der Waals surface area contributed by atoms with Gasteiger partial charge in [-0.25, -0.2) is 5.57 Å². The smallest absolute Gasteiger partial charge is 0.0174 e. The van der Waals surface area contributed by atoms with Crippen molar-refractivity contribution in [1.82, 2.24) is 0 Å². The third-order valence-electron chi connectivity index (χ3n) is 3.08. The van der Waals surface area contributed by atoms with Gasteiger partial charge in [0.2, 0.25) is 0 Å². The Hall–Kier alpha value is 0.313. The van der Waals surface area contributed by atoms with Crippen molar-refractivity contribution in [1.29, 1.82) is 0 Å². The van der Waals surface area contributed by atoms with Gasteiger partial charge in [-0.1, -0.05) is 54.8 Å². The number of rotatable bonds is 0. The van der Waals surface area contributed by atoms with Gasteiger partial charge in [-0.15, -0.1) is 37.4 Å². The molecule has 128 valence electrons. The Morgan fingerprint density at radius 1 is 1.09 bits per heavy atom. The number of halogens is 3. The second-order valence-electron chi connectivity index (χ2n) is 5.31. The van der Waals surface area contributed by atoms with Crippen molar-refractivity contribution in [2.45, 2.75) is 41.5 Å². The maximum atomic E-state index is 7.07. The van der Waals surface area contributed by atoms with Gasteiger partial charge in [0.1, 0.15) is 0 Å². The Labute approximate surface area is 177 Å². The normalized spacial score (nSPS) is 15.0. The monoisotopic (exact) mass is 495 g/mol. The van der Waals surface area contributed by atoms with Gasteiger partial charge < -0.3 is 5.73 Å². The first-order valence-electron chi connectivity index (χ1n) is 6.92. The van der Waals surface area contributed by atoms with E-state index in [0.29, 0.717) is 11.6 Å². The van der Waals surface area contributed by atoms with Crippen LogP contribution in [-0.2, 0) is 24.2 Å². The van der Waals surface area contributed by atoms with Crippen LogP contribution in [0.3, 0.4) is 0 Å². The van der Waals surface area contributed by atoms with Crippen LogP contribution >= 0.6 is 40.7 Å². The van der Waals surface area contributed by atoms with E-state index in [4.69, 9.17) is 5.73 Å². The van der Waals surface area contributed by atoms with Crippen LogP contribution in [0, 0.1) is 12.0 Å². The van der Waals surface area contributed by atoms with Crippen molar-refractivity contribution in [2.24, 2.45) is 5.92 Å². The second-order valence-corrected chi connectivity index (χ2v) is 8.68. The van der Waals surface area contributed by atoms with E-state index in [1.807, 2.05) is 12.1 Å². The second kappa shape index (κ2) is 14.6. The predicted molar refractivity (Wildman–Crippen MR) is 109 cm³/mol. The Kier molecular flexibility index (Phi) is 17.9. The molecule has 1 atom stereocenters. The topological polar surface area (TPSA) is 23.8 Å². The minimum atomic E-state index is 0. The standard InChI is InChI=1S/C9H13.C6H5BrN.C3H6.2ClH.Zr/c1-6-5-7(2)9(4)8(6)3;7-5-1-3-6(8)4-2-5;1-3-2;;;/h6H,1-4H3;1-4,8H;1-2H3;2*1H;/q2*-1;;;;+2. The molecule has 1 aliphatic rings. The fourth-order valence-electron chi connectivity index (χ4n) is 1.61. The minimum absolute atomic E-state index is 0. The summed E-state index contributed by atoms with van der Waals surface area (Å²) in [4.78, 5) is 0. The Balaban J connectivity index is -0.000000267. The maximum Gasteiger partial charge on any atom is 0.0174 e. The Morgan fingerprint density at radius 2 is 1.48 bits per heavy atom. The van der Waals surface area contributed by atoms with Crippen LogP contribution in [0.2, 0.25) is 0 Å². The zero-order chi connectivity index (χ0) is 16.6. The number of benzene rings is 1. The van der Waals surface area contributed by atoms with Crippen molar-refractivity contribution in [3.63, 3.8) is 0 Å². The molecule has 0 heterocycles. The maximum absolute atomic E-state index is 7.07. The Morgan fingerprint density at radius 3 is 1.65 bits per heavy atom. The van der Waals surface area contributed by atoms with Crippen molar-refractivity contribution in [3.05, 3.63) is 57.3 Å². The molecule has 0 spiro atoms. The molecule has 0 saturated carbocycles. The van der Waals surface area contributed by atoms with Crippen molar-refractivity contribution in [3.8, 4) is 0 Å². The van der Waals surface area contributed by atoms with Gasteiger partial charge in [0.15, 0.2) is 0 Å². The van der Waals surface area contributed by atoms with E-state index in [1.165, 1.54) is 19.9 Å². The zero-order valence-electron chi connectivity index (χ0n) is 14.6. The first kappa shape index (κ1) is 28.1. The van der Waals surface area contributed by atoms with Gasteiger partial charge in [-0.05, 0) is 12.1 Å². The van der Waals surface area contributed by atoms with Crippen molar-refractivity contribution in [2.75, 3.05) is 0 Å². The van der Waals surface area contributed by atoms with Crippen LogP contribution in [0.5, 0.6) is 0 Å². The number of nitrogens with one attached hydrogen (secondary N) is 1. The third-order valence-corrected chi connectivity index (χ3v) is 3.61. The van der Waals surface area contributed by atoms with E-state index in [0.717, 1.165) is 4.47 Å². The molecular weight excluding hydrogens is 472 g/mol. The van der Waals surface area contributed by atoms with Gasteiger partial charge in [0, 0.05) is 4.47 Å². The molecule has 0 amide bonds. The first-order valence-corrected chi connectivity index (χ1v) is 8.94. The molecular formula is C18H26BrCl2NZr. The van der Waals surface area contributed by atoms with E-state index in [9.17, 15) is 0 Å². The van der Waals surface area contributed by atoms with Crippen LogP contribution in [0.4, 0.5) is 5.69 Å². The SMILES string of the molecule is CC1=[C-]C(C)C(C)=C1C.C[C](C)=[Zr+2].Cl.Cl.[NH-]c1ccc(Br)cc1. The van der Waals surface area contributed by atoms with Crippen LogP contribution in [0.1, 0.15) is 41.5 Å². The number of allylic oxidation sites excluding steroid dienone is 4. The van der Waals surface area contributed by atoms with Crippen molar-refractivity contribution < 1.29 is 24.2 Å². The molecule has 0 radical (unpaired) electrons. The quantitative estimate of drug-likeness (QED) is 0.332. The molecule has 0 fully saturated rings. The van der Waals surface area contributed by atoms with Crippen molar-refractivity contribution >= 4 is 49.6 Å². The summed E-state index contributed by atoms with van der Waals surface area (Å²) in [5, 5.41) is 0. The van der Waals surface area contributed by atoms with Gasteiger partial charge in [-0.3, -0.25) is 6.08 Å². The molecule has 1 N–H and O–H groups in total. The van der Waals surface area contributed by atoms with E-state index < -0.39 is 0 Å². The minimum Gasteiger partial charge on any atom is -0.699 e. The largest absolute Gasteiger partial charge is 0.699 e. The summed E-state index contributed by atoms with van der Waals surface area (Å²) in [6.07, 6.45) is 3.36. The fourth-order valence-corrected chi connectivity index (χ4v) is 1.88. The average Bonchev–Trinajstić information content (AvgIpc) is 2.60. The number of hydrogen-bond donors (Lipinski definition) is 0. The van der Waals surface area contributed by atoms with Gasteiger partial charge in [0.25, 0.3) is 0 Å². The van der Waals surface area contributed by atoms with E-state index in [2.05, 4.69) is 63.5 Å². The number of hydrogen-bond acceptors (Lipinski definition) is 0. The average molecular weight is 498 g/mol. The molecule has 1 nitrogen and oxygen atoms in total. The van der Waals surface area contributed by atoms with E-state index in [-0.39, 0.29) is 24.8 Å². The fraction of sp³-hybridized carbons (Fsp3) is 0.389. The first-order chi connectivity index (χ1) is 9.65. The third kappa shape index (κ3) is 13.3. The molecule has 5 heteroatoms. The van der Waals surface area contributed by atoms with Gasteiger partial charge in [-0.2, -0.15) is 11.1 Å². The van der Waals surface area contributed by atoms with E-state index >= 15 is 0 Å². The molecule has 0 aromatic heterocycles. The van der Waals surface area contributed by atoms with Gasteiger partial charge in [0.05, 0.1) is 0 Å². The van der Waals surface area contributed by atoms with Crippen LogP contribution < -0.4 is 0 Å². The molecule has 1 unspecified atom stereocenters. The zero-order valence-corrected chi connectivity index (χ0v) is 20.3. The van der Waals surface area contributed by atoms with Gasteiger partial charge >= 0.3 is 41.3 Å². The summed E-state index contributed by atoms with van der Waals surface area (Å²) < 4.78 is 2.53.